The number of carbonyl (C=O) groups excluding carboxylic acids is 1. The van der Waals surface area contributed by atoms with E-state index in [2.05, 4.69) is 5.32 Å². The quantitative estimate of drug-likeness (QED) is 0.638. The average Bonchev–Trinajstić information content (AvgIpc) is 3.19. The van der Waals surface area contributed by atoms with E-state index in [1.807, 2.05) is 37.3 Å². The summed E-state index contributed by atoms with van der Waals surface area (Å²) >= 11 is 0. The third-order valence-electron chi connectivity index (χ3n) is 4.32. The fourth-order valence-electron chi connectivity index (χ4n) is 2.77. The lowest BCUT2D eigenvalue weighted by atomic mass is 10.0. The Kier molecular flexibility index (Phi) is 5.80. The molecule has 0 aliphatic carbocycles. The van der Waals surface area contributed by atoms with Crippen molar-refractivity contribution in [3.8, 4) is 0 Å². The van der Waals surface area contributed by atoms with Crippen LogP contribution < -0.4 is 5.32 Å². The molecule has 1 amide bonds. The van der Waals surface area contributed by atoms with Crippen molar-refractivity contribution >= 4 is 27.4 Å². The first-order chi connectivity index (χ1) is 13.3. The predicted octanol–water partition coefficient (Wildman–Crippen LogP) is 4.10. The van der Waals surface area contributed by atoms with E-state index in [0.717, 1.165) is 11.1 Å². The van der Waals surface area contributed by atoms with Crippen molar-refractivity contribution in [3.63, 3.8) is 0 Å². The van der Waals surface area contributed by atoms with E-state index in [4.69, 9.17) is 4.42 Å². The van der Waals surface area contributed by atoms with E-state index in [-0.39, 0.29) is 16.8 Å². The first-order valence-corrected chi connectivity index (χ1v) is 10.7. The van der Waals surface area contributed by atoms with Crippen LogP contribution in [0.25, 0.3) is 11.6 Å². The summed E-state index contributed by atoms with van der Waals surface area (Å²) in [6.45, 7) is 1.85. The van der Waals surface area contributed by atoms with Crippen molar-refractivity contribution in [2.24, 2.45) is 0 Å². The summed E-state index contributed by atoms with van der Waals surface area (Å²) in [5, 5.41) is 2.97. The van der Waals surface area contributed by atoms with Crippen LogP contribution in [0.1, 0.15) is 29.9 Å². The van der Waals surface area contributed by atoms with Crippen LogP contribution in [-0.2, 0) is 14.6 Å². The molecule has 3 rings (SSSR count). The van der Waals surface area contributed by atoms with Crippen LogP contribution in [0.4, 0.5) is 0 Å². The topological polar surface area (TPSA) is 76.4 Å². The van der Waals surface area contributed by atoms with Gasteiger partial charge in [0.05, 0.1) is 22.8 Å². The Balaban J connectivity index is 1.84. The second-order valence-corrected chi connectivity index (χ2v) is 8.49. The third kappa shape index (κ3) is 4.78. The number of hydrogen-bond donors (Lipinski definition) is 1. The molecule has 0 aliphatic rings. The van der Waals surface area contributed by atoms with Crippen molar-refractivity contribution in [1.82, 2.24) is 5.32 Å². The molecule has 0 radical (unpaired) electrons. The van der Waals surface area contributed by atoms with E-state index < -0.39 is 9.84 Å². The normalized spacial score (nSPS) is 13.1. The zero-order valence-electron chi connectivity index (χ0n) is 15.6. The first kappa shape index (κ1) is 19.6. The van der Waals surface area contributed by atoms with Crippen molar-refractivity contribution in [3.05, 3.63) is 89.9 Å². The maximum atomic E-state index is 13.0. The van der Waals surface area contributed by atoms with Gasteiger partial charge in [0.1, 0.15) is 5.76 Å². The maximum Gasteiger partial charge on any atom is 0.252 e. The Morgan fingerprint density at radius 1 is 1.00 bits per heavy atom. The highest BCUT2D eigenvalue weighted by atomic mass is 32.2. The molecule has 1 atom stereocenters. The Hall–Kier alpha value is -3.12. The standard InChI is InChI=1S/C22H21NO4S/c1-16(17-10-12-20(13-11-17)28(2,25)26)23-22(24)21(15-19-9-6-14-27-19)18-7-4-3-5-8-18/h3-16H,1-2H3,(H,23,24)/b21-15+. The summed E-state index contributed by atoms with van der Waals surface area (Å²) < 4.78 is 28.6. The van der Waals surface area contributed by atoms with Crippen LogP contribution in [0.2, 0.25) is 0 Å². The van der Waals surface area contributed by atoms with E-state index in [0.29, 0.717) is 11.3 Å². The van der Waals surface area contributed by atoms with Crippen molar-refractivity contribution in [2.75, 3.05) is 6.26 Å². The van der Waals surface area contributed by atoms with Crippen molar-refractivity contribution < 1.29 is 17.6 Å². The molecule has 0 aliphatic heterocycles. The molecular weight excluding hydrogens is 374 g/mol. The molecule has 0 spiro atoms. The van der Waals surface area contributed by atoms with Gasteiger partial charge < -0.3 is 9.73 Å². The summed E-state index contributed by atoms with van der Waals surface area (Å²) in [4.78, 5) is 13.2. The van der Waals surface area contributed by atoms with E-state index in [1.54, 1.807) is 48.7 Å². The van der Waals surface area contributed by atoms with Gasteiger partial charge in [0.2, 0.25) is 0 Å². The molecule has 6 heteroatoms. The lowest BCUT2D eigenvalue weighted by Gasteiger charge is -2.16. The number of carbonyl (C=O) groups is 1. The van der Waals surface area contributed by atoms with Gasteiger partial charge in [-0.05, 0) is 48.4 Å². The number of furan rings is 1. The number of rotatable bonds is 6. The van der Waals surface area contributed by atoms with Crippen LogP contribution >= 0.6 is 0 Å². The van der Waals surface area contributed by atoms with Gasteiger partial charge in [0, 0.05) is 6.26 Å². The molecule has 1 unspecified atom stereocenters. The largest absolute Gasteiger partial charge is 0.465 e. The van der Waals surface area contributed by atoms with Gasteiger partial charge in [-0.2, -0.15) is 0 Å². The number of nitrogens with one attached hydrogen (secondary N) is 1. The number of hydrogen-bond acceptors (Lipinski definition) is 4. The Morgan fingerprint density at radius 2 is 1.68 bits per heavy atom. The van der Waals surface area contributed by atoms with Gasteiger partial charge in [0.25, 0.3) is 5.91 Å². The fourth-order valence-corrected chi connectivity index (χ4v) is 3.41. The van der Waals surface area contributed by atoms with Crippen LogP contribution in [-0.4, -0.2) is 20.6 Å². The maximum absolute atomic E-state index is 13.0. The zero-order valence-corrected chi connectivity index (χ0v) is 16.4. The summed E-state index contributed by atoms with van der Waals surface area (Å²) in [7, 11) is -3.25. The summed E-state index contributed by atoms with van der Waals surface area (Å²) in [5.74, 6) is 0.335. The number of benzene rings is 2. The van der Waals surface area contributed by atoms with E-state index in [1.165, 1.54) is 6.26 Å². The summed E-state index contributed by atoms with van der Waals surface area (Å²) in [6, 6.07) is 19.1. The molecule has 1 aromatic heterocycles. The average molecular weight is 395 g/mol. The van der Waals surface area contributed by atoms with E-state index in [9.17, 15) is 13.2 Å². The lowest BCUT2D eigenvalue weighted by Crippen LogP contribution is -2.27. The highest BCUT2D eigenvalue weighted by Gasteiger charge is 2.17. The van der Waals surface area contributed by atoms with Crippen molar-refractivity contribution in [1.29, 1.82) is 0 Å². The van der Waals surface area contributed by atoms with Gasteiger partial charge in [-0.15, -0.1) is 0 Å². The molecule has 0 bridgehead atoms. The van der Waals surface area contributed by atoms with Crippen LogP contribution in [0, 0.1) is 0 Å². The fraction of sp³-hybridized carbons (Fsp3) is 0.136. The van der Waals surface area contributed by atoms with Crippen LogP contribution in [0.15, 0.2) is 82.3 Å². The minimum atomic E-state index is -3.25. The molecule has 0 fully saturated rings. The van der Waals surface area contributed by atoms with Gasteiger partial charge in [0.15, 0.2) is 9.84 Å². The van der Waals surface area contributed by atoms with Gasteiger partial charge >= 0.3 is 0 Å². The summed E-state index contributed by atoms with van der Waals surface area (Å²) in [5.41, 5.74) is 2.07. The highest BCUT2D eigenvalue weighted by molar-refractivity contribution is 7.90. The molecule has 0 saturated carbocycles. The first-order valence-electron chi connectivity index (χ1n) is 8.76. The Morgan fingerprint density at radius 3 is 2.25 bits per heavy atom. The lowest BCUT2D eigenvalue weighted by molar-refractivity contribution is -0.116. The second kappa shape index (κ2) is 8.27. The summed E-state index contributed by atoms with van der Waals surface area (Å²) in [6.07, 6.45) is 4.42. The van der Waals surface area contributed by atoms with Crippen LogP contribution in [0.3, 0.4) is 0 Å². The van der Waals surface area contributed by atoms with Gasteiger partial charge in [-0.1, -0.05) is 42.5 Å². The minimum absolute atomic E-state index is 0.248. The number of amides is 1. The molecule has 3 aromatic rings. The number of sulfone groups is 1. The molecule has 28 heavy (non-hydrogen) atoms. The third-order valence-corrected chi connectivity index (χ3v) is 5.44. The zero-order chi connectivity index (χ0) is 20.1. The van der Waals surface area contributed by atoms with Crippen molar-refractivity contribution in [2.45, 2.75) is 17.9 Å². The molecule has 1 N–H and O–H groups in total. The van der Waals surface area contributed by atoms with E-state index >= 15 is 0 Å². The van der Waals surface area contributed by atoms with Crippen LogP contribution in [0.5, 0.6) is 0 Å². The highest BCUT2D eigenvalue weighted by Crippen LogP contribution is 2.22. The SMILES string of the molecule is CC(NC(=O)/C(=C/c1ccco1)c1ccccc1)c1ccc(S(C)(=O)=O)cc1. The molecule has 144 valence electrons. The monoisotopic (exact) mass is 395 g/mol. The smallest absolute Gasteiger partial charge is 0.252 e. The molecule has 1 heterocycles. The molecule has 5 nitrogen and oxygen atoms in total. The Labute approximate surface area is 164 Å². The molecule has 2 aromatic carbocycles. The molecular formula is C22H21NO4S. The van der Waals surface area contributed by atoms with Gasteiger partial charge in [-0.3, -0.25) is 4.79 Å². The Bertz CT molecular complexity index is 1070. The predicted molar refractivity (Wildman–Crippen MR) is 109 cm³/mol. The van der Waals surface area contributed by atoms with Gasteiger partial charge in [-0.25, -0.2) is 8.42 Å². The molecule has 0 saturated heterocycles. The minimum Gasteiger partial charge on any atom is -0.465 e. The second-order valence-electron chi connectivity index (χ2n) is 6.48.